The lowest BCUT2D eigenvalue weighted by atomic mass is 10.0. The predicted molar refractivity (Wildman–Crippen MR) is 98.2 cm³/mol. The van der Waals surface area contributed by atoms with Gasteiger partial charge in [-0.25, -0.2) is 13.8 Å². The highest BCUT2D eigenvalue weighted by Crippen LogP contribution is 2.25. The number of benzene rings is 2. The number of likely N-dealkylation sites (tertiary alicyclic amines) is 1. The standard InChI is InChI=1S/C21H19F2N3O/c22-17-7-3-15(4-8-17)20-13-26(14-24-20)19-2-1-11-25(12-19)21(27)16-5-9-18(23)10-6-16/h3-10,13-14,19H,1-2,11-12H2. The minimum absolute atomic E-state index is 0.0847. The lowest BCUT2D eigenvalue weighted by Gasteiger charge is -2.33. The number of aromatic nitrogens is 2. The molecule has 1 saturated heterocycles. The van der Waals surface area contributed by atoms with E-state index in [-0.39, 0.29) is 23.6 Å². The summed E-state index contributed by atoms with van der Waals surface area (Å²) in [6.07, 6.45) is 5.53. The molecule has 27 heavy (non-hydrogen) atoms. The zero-order valence-electron chi connectivity index (χ0n) is 14.7. The lowest BCUT2D eigenvalue weighted by Crippen LogP contribution is -2.40. The van der Waals surface area contributed by atoms with Gasteiger partial charge < -0.3 is 9.47 Å². The van der Waals surface area contributed by atoms with E-state index in [1.165, 1.54) is 36.4 Å². The van der Waals surface area contributed by atoms with Crippen LogP contribution in [0, 0.1) is 11.6 Å². The first-order chi connectivity index (χ1) is 13.1. The molecule has 4 nitrogen and oxygen atoms in total. The second-order valence-corrected chi connectivity index (χ2v) is 6.77. The molecule has 1 amide bonds. The van der Waals surface area contributed by atoms with Crippen molar-refractivity contribution in [2.45, 2.75) is 18.9 Å². The van der Waals surface area contributed by atoms with Crippen LogP contribution in [0.1, 0.15) is 29.2 Å². The zero-order chi connectivity index (χ0) is 18.8. The van der Waals surface area contributed by atoms with Crippen LogP contribution < -0.4 is 0 Å². The maximum Gasteiger partial charge on any atom is 0.253 e. The van der Waals surface area contributed by atoms with Crippen LogP contribution in [0.5, 0.6) is 0 Å². The van der Waals surface area contributed by atoms with Gasteiger partial charge in [0.05, 0.1) is 18.1 Å². The summed E-state index contributed by atoms with van der Waals surface area (Å²) in [7, 11) is 0. The molecule has 1 aromatic heterocycles. The molecule has 0 bridgehead atoms. The van der Waals surface area contributed by atoms with Crippen molar-refractivity contribution < 1.29 is 13.6 Å². The SMILES string of the molecule is O=C(c1ccc(F)cc1)N1CCCC(n2cnc(-c3ccc(F)cc3)c2)C1. The molecule has 0 spiro atoms. The Morgan fingerprint density at radius 1 is 1.00 bits per heavy atom. The predicted octanol–water partition coefficient (Wildman–Crippen LogP) is 4.31. The fourth-order valence-electron chi connectivity index (χ4n) is 3.46. The summed E-state index contributed by atoms with van der Waals surface area (Å²) in [4.78, 5) is 18.9. The molecule has 0 aliphatic carbocycles. The lowest BCUT2D eigenvalue weighted by molar-refractivity contribution is 0.0679. The van der Waals surface area contributed by atoms with Gasteiger partial charge in [0.25, 0.3) is 5.91 Å². The van der Waals surface area contributed by atoms with E-state index in [1.54, 1.807) is 23.4 Å². The highest BCUT2D eigenvalue weighted by Gasteiger charge is 2.25. The number of carbonyl (C=O) groups excluding carboxylic acids is 1. The van der Waals surface area contributed by atoms with Crippen molar-refractivity contribution in [2.24, 2.45) is 0 Å². The number of nitrogens with zero attached hydrogens (tertiary/aromatic N) is 3. The quantitative estimate of drug-likeness (QED) is 0.692. The molecule has 2 aromatic carbocycles. The van der Waals surface area contributed by atoms with Crippen molar-refractivity contribution in [3.05, 3.63) is 78.3 Å². The minimum Gasteiger partial charge on any atom is -0.337 e. The first-order valence-electron chi connectivity index (χ1n) is 8.94. The van der Waals surface area contributed by atoms with Gasteiger partial charge in [-0.3, -0.25) is 4.79 Å². The van der Waals surface area contributed by atoms with E-state index in [0.717, 1.165) is 24.1 Å². The van der Waals surface area contributed by atoms with Crippen molar-refractivity contribution in [1.29, 1.82) is 0 Å². The summed E-state index contributed by atoms with van der Waals surface area (Å²) in [6, 6.07) is 12.0. The van der Waals surface area contributed by atoms with Gasteiger partial charge in [0.15, 0.2) is 0 Å². The Balaban J connectivity index is 1.49. The fourth-order valence-corrected chi connectivity index (χ4v) is 3.46. The summed E-state index contributed by atoms with van der Waals surface area (Å²) in [6.45, 7) is 1.27. The third kappa shape index (κ3) is 3.74. The Bertz CT molecular complexity index is 935. The molecule has 1 unspecified atom stereocenters. The first kappa shape index (κ1) is 17.4. The highest BCUT2D eigenvalue weighted by molar-refractivity contribution is 5.94. The van der Waals surface area contributed by atoms with Gasteiger partial charge in [-0.15, -0.1) is 0 Å². The van der Waals surface area contributed by atoms with Crippen molar-refractivity contribution in [3.63, 3.8) is 0 Å². The second-order valence-electron chi connectivity index (χ2n) is 6.77. The third-order valence-corrected chi connectivity index (χ3v) is 4.94. The molecule has 0 radical (unpaired) electrons. The van der Waals surface area contributed by atoms with E-state index in [4.69, 9.17) is 0 Å². The van der Waals surface area contributed by atoms with Crippen molar-refractivity contribution in [1.82, 2.24) is 14.5 Å². The number of amides is 1. The van der Waals surface area contributed by atoms with Crippen molar-refractivity contribution in [2.75, 3.05) is 13.1 Å². The number of halogens is 2. The summed E-state index contributed by atoms with van der Waals surface area (Å²) in [5.41, 5.74) is 2.12. The Morgan fingerprint density at radius 2 is 1.67 bits per heavy atom. The average molecular weight is 367 g/mol. The molecule has 138 valence electrons. The van der Waals surface area contributed by atoms with E-state index < -0.39 is 0 Å². The highest BCUT2D eigenvalue weighted by atomic mass is 19.1. The van der Waals surface area contributed by atoms with Crippen molar-refractivity contribution in [3.8, 4) is 11.3 Å². The van der Waals surface area contributed by atoms with Gasteiger partial charge in [0.1, 0.15) is 11.6 Å². The van der Waals surface area contributed by atoms with Gasteiger partial charge in [-0.1, -0.05) is 0 Å². The Hall–Kier alpha value is -3.02. The number of imidazole rings is 1. The average Bonchev–Trinajstić information content (AvgIpc) is 3.19. The van der Waals surface area contributed by atoms with Crippen LogP contribution in [0.4, 0.5) is 8.78 Å². The van der Waals surface area contributed by atoms with Gasteiger partial charge in [0.2, 0.25) is 0 Å². The topological polar surface area (TPSA) is 38.1 Å². The van der Waals surface area contributed by atoms with Gasteiger partial charge in [-0.05, 0) is 61.4 Å². The normalized spacial score (nSPS) is 17.1. The van der Waals surface area contributed by atoms with Crippen LogP contribution in [0.25, 0.3) is 11.3 Å². The van der Waals surface area contributed by atoms with Crippen LogP contribution in [-0.2, 0) is 0 Å². The summed E-state index contributed by atoms with van der Waals surface area (Å²) in [5, 5.41) is 0. The van der Waals surface area contributed by atoms with E-state index in [1.807, 2.05) is 10.8 Å². The van der Waals surface area contributed by atoms with Gasteiger partial charge >= 0.3 is 0 Å². The third-order valence-electron chi connectivity index (χ3n) is 4.94. The Morgan fingerprint density at radius 3 is 2.37 bits per heavy atom. The summed E-state index contributed by atoms with van der Waals surface area (Å²) >= 11 is 0. The van der Waals surface area contributed by atoms with Crippen molar-refractivity contribution >= 4 is 5.91 Å². The van der Waals surface area contributed by atoms with Crippen LogP contribution in [-0.4, -0.2) is 33.4 Å². The number of piperidine rings is 1. The maximum absolute atomic E-state index is 13.1. The molecule has 1 fully saturated rings. The number of rotatable bonds is 3. The van der Waals surface area contributed by atoms with Crippen LogP contribution in [0.2, 0.25) is 0 Å². The molecular formula is C21H19F2N3O. The van der Waals surface area contributed by atoms with Gasteiger partial charge in [-0.2, -0.15) is 0 Å². The Labute approximate surface area is 156 Å². The molecule has 1 atom stereocenters. The number of carbonyl (C=O) groups is 1. The van der Waals surface area contributed by atoms with E-state index >= 15 is 0 Å². The molecule has 6 heteroatoms. The molecule has 1 aliphatic rings. The van der Waals surface area contributed by atoms with E-state index in [0.29, 0.717) is 18.7 Å². The molecule has 0 N–H and O–H groups in total. The molecular weight excluding hydrogens is 348 g/mol. The maximum atomic E-state index is 13.1. The molecule has 3 aromatic rings. The molecule has 1 aliphatic heterocycles. The summed E-state index contributed by atoms with van der Waals surface area (Å²) < 4.78 is 28.2. The van der Waals surface area contributed by atoms with E-state index in [9.17, 15) is 13.6 Å². The largest absolute Gasteiger partial charge is 0.337 e. The monoisotopic (exact) mass is 367 g/mol. The number of hydrogen-bond donors (Lipinski definition) is 0. The summed E-state index contributed by atoms with van der Waals surface area (Å²) in [5.74, 6) is -0.714. The minimum atomic E-state index is -0.352. The molecule has 2 heterocycles. The smallest absolute Gasteiger partial charge is 0.253 e. The Kier molecular flexibility index (Phi) is 4.71. The van der Waals surface area contributed by atoms with Gasteiger partial charge in [0, 0.05) is 30.4 Å². The first-order valence-corrected chi connectivity index (χ1v) is 8.94. The van der Waals surface area contributed by atoms with Crippen LogP contribution in [0.15, 0.2) is 61.1 Å². The zero-order valence-corrected chi connectivity index (χ0v) is 14.7. The fraction of sp³-hybridized carbons (Fsp3) is 0.238. The van der Waals surface area contributed by atoms with Crippen LogP contribution in [0.3, 0.4) is 0 Å². The molecule has 4 rings (SSSR count). The van der Waals surface area contributed by atoms with E-state index in [2.05, 4.69) is 4.98 Å². The second kappa shape index (κ2) is 7.31. The molecule has 0 saturated carbocycles. The number of hydrogen-bond acceptors (Lipinski definition) is 2. The van der Waals surface area contributed by atoms with Crippen LogP contribution >= 0.6 is 0 Å².